The minimum absolute atomic E-state index is 0.00458. The zero-order chi connectivity index (χ0) is 51.3. The zero-order valence-corrected chi connectivity index (χ0v) is 45.4. The quantitative estimate of drug-likeness (QED) is 0.0491. The van der Waals surface area contributed by atoms with Gasteiger partial charge in [0.25, 0.3) is 0 Å². The summed E-state index contributed by atoms with van der Waals surface area (Å²) in [5.41, 5.74) is 14.9. The van der Waals surface area contributed by atoms with Crippen LogP contribution in [0.2, 0.25) is 0 Å². The third-order valence-electron chi connectivity index (χ3n) is 15.0. The predicted molar refractivity (Wildman–Crippen MR) is 299 cm³/mol. The van der Waals surface area contributed by atoms with Crippen LogP contribution in [0.3, 0.4) is 0 Å². The summed E-state index contributed by atoms with van der Waals surface area (Å²) in [4.78, 5) is 0. The lowest BCUT2D eigenvalue weighted by atomic mass is 9.62. The zero-order valence-electron chi connectivity index (χ0n) is 45.4. The smallest absolute Gasteiger partial charge is 0.226 e. The molecule has 1 fully saturated rings. The number of rotatable bonds is 24. The average Bonchev–Trinajstić information content (AvgIpc) is 3.36. The molecule has 7 atom stereocenters. The third kappa shape index (κ3) is 15.3. The van der Waals surface area contributed by atoms with Crippen LogP contribution in [-0.4, -0.2) is 37.8 Å². The lowest BCUT2D eigenvalue weighted by Crippen LogP contribution is -2.45. The van der Waals surface area contributed by atoms with Gasteiger partial charge in [0.1, 0.15) is 11.5 Å². The Bertz CT molecular complexity index is 2410. The summed E-state index contributed by atoms with van der Waals surface area (Å²) in [6, 6.07) is 47.3. The molecule has 6 heteroatoms. The van der Waals surface area contributed by atoms with Gasteiger partial charge in [-0.3, -0.25) is 0 Å². The molecule has 0 spiro atoms. The minimum Gasteiger partial charge on any atom is -0.465 e. The SMILES string of the molecule is CC(C)CC(c1ccc(OC(OCCC2CCCCC2)c2ccc(C(C(c3ccc(OC(C)OCCOC4C(c5ccccc5)=CC=CC4c4ccccc4)cc3)C(C)(C)N)C(C)(C)C)cc2)cc1)C(C)C. The molecule has 7 rings (SSSR count). The Balaban J connectivity index is 1.02. The second-order valence-electron chi connectivity index (χ2n) is 23.2. The Labute approximate surface area is 434 Å². The molecule has 6 nitrogen and oxygen atoms in total. The highest BCUT2D eigenvalue weighted by atomic mass is 16.7. The summed E-state index contributed by atoms with van der Waals surface area (Å²) < 4.78 is 32.7. The van der Waals surface area contributed by atoms with Crippen LogP contribution in [0.4, 0.5) is 0 Å². The fourth-order valence-corrected chi connectivity index (χ4v) is 11.4. The highest BCUT2D eigenvalue weighted by molar-refractivity contribution is 5.73. The average molecular weight is 974 g/mol. The Morgan fingerprint density at radius 3 is 1.75 bits per heavy atom. The van der Waals surface area contributed by atoms with Crippen LogP contribution in [-0.2, 0) is 14.2 Å². The third-order valence-corrected chi connectivity index (χ3v) is 15.0. The summed E-state index contributed by atoms with van der Waals surface area (Å²) in [7, 11) is 0. The molecule has 0 aliphatic heterocycles. The lowest BCUT2D eigenvalue weighted by molar-refractivity contribution is -0.0880. The first kappa shape index (κ1) is 54.8. The molecule has 0 bridgehead atoms. The van der Waals surface area contributed by atoms with Crippen molar-refractivity contribution in [2.24, 2.45) is 28.9 Å². The monoisotopic (exact) mass is 974 g/mol. The van der Waals surface area contributed by atoms with Gasteiger partial charge in [-0.1, -0.05) is 208 Å². The topological polar surface area (TPSA) is 72.2 Å². The molecule has 0 amide bonds. The van der Waals surface area contributed by atoms with Crippen molar-refractivity contribution in [3.05, 3.63) is 185 Å². The van der Waals surface area contributed by atoms with Crippen molar-refractivity contribution >= 4 is 5.57 Å². The maximum atomic E-state index is 7.21. The second kappa shape index (κ2) is 25.8. The Kier molecular flexibility index (Phi) is 19.6. The van der Waals surface area contributed by atoms with Crippen LogP contribution in [0.15, 0.2) is 152 Å². The largest absolute Gasteiger partial charge is 0.465 e. The van der Waals surface area contributed by atoms with Crippen LogP contribution in [0.5, 0.6) is 11.5 Å². The second-order valence-corrected chi connectivity index (χ2v) is 23.2. The highest BCUT2D eigenvalue weighted by Gasteiger charge is 2.41. The van der Waals surface area contributed by atoms with E-state index < -0.39 is 18.1 Å². The molecule has 1 saturated carbocycles. The van der Waals surface area contributed by atoms with Crippen molar-refractivity contribution in [3.63, 3.8) is 0 Å². The van der Waals surface area contributed by atoms with E-state index in [1.54, 1.807) is 0 Å². The molecule has 0 heterocycles. The minimum atomic E-state index is -0.539. The van der Waals surface area contributed by atoms with E-state index in [2.05, 4.69) is 208 Å². The molecule has 2 N–H and O–H groups in total. The van der Waals surface area contributed by atoms with Crippen LogP contribution in [0, 0.1) is 23.2 Å². The molecule has 2 aliphatic rings. The molecular weight excluding hydrogens is 887 g/mol. The van der Waals surface area contributed by atoms with Gasteiger partial charge in [-0.15, -0.1) is 0 Å². The molecule has 0 radical (unpaired) electrons. The fraction of sp³-hybridized carbons (Fsp3) is 0.485. The lowest BCUT2D eigenvalue weighted by Gasteiger charge is -2.44. The van der Waals surface area contributed by atoms with Crippen molar-refractivity contribution in [1.29, 1.82) is 0 Å². The van der Waals surface area contributed by atoms with E-state index in [0.29, 0.717) is 37.6 Å². The maximum Gasteiger partial charge on any atom is 0.226 e. The van der Waals surface area contributed by atoms with E-state index in [0.717, 1.165) is 35.0 Å². The summed E-state index contributed by atoms with van der Waals surface area (Å²) in [6.07, 6.45) is 14.3. The van der Waals surface area contributed by atoms with Gasteiger partial charge < -0.3 is 29.4 Å². The number of allylic oxidation sites excluding steroid dienone is 2. The van der Waals surface area contributed by atoms with Crippen LogP contribution >= 0.6 is 0 Å². The van der Waals surface area contributed by atoms with Gasteiger partial charge in [0, 0.05) is 22.9 Å². The molecule has 72 heavy (non-hydrogen) atoms. The van der Waals surface area contributed by atoms with Crippen molar-refractivity contribution in [2.45, 2.75) is 162 Å². The first-order valence-electron chi connectivity index (χ1n) is 27.3. The van der Waals surface area contributed by atoms with Gasteiger partial charge >= 0.3 is 0 Å². The number of hydrogen-bond donors (Lipinski definition) is 1. The Morgan fingerprint density at radius 2 is 1.15 bits per heavy atom. The summed E-state index contributed by atoms with van der Waals surface area (Å²) in [5, 5.41) is 0. The van der Waals surface area contributed by atoms with E-state index in [-0.39, 0.29) is 29.3 Å². The predicted octanol–water partition coefficient (Wildman–Crippen LogP) is 16.8. The molecule has 5 aromatic carbocycles. The van der Waals surface area contributed by atoms with Crippen LogP contribution in [0.1, 0.15) is 178 Å². The first-order valence-corrected chi connectivity index (χ1v) is 27.3. The van der Waals surface area contributed by atoms with Gasteiger partial charge in [0.15, 0.2) is 6.29 Å². The molecule has 2 aliphatic carbocycles. The van der Waals surface area contributed by atoms with Gasteiger partial charge in [-0.05, 0) is 126 Å². The fourth-order valence-electron chi connectivity index (χ4n) is 11.4. The van der Waals surface area contributed by atoms with Gasteiger partial charge in [-0.2, -0.15) is 0 Å². The summed E-state index contributed by atoms with van der Waals surface area (Å²) in [5.74, 6) is 4.22. The first-order chi connectivity index (χ1) is 34.5. The van der Waals surface area contributed by atoms with Crippen molar-refractivity contribution in [2.75, 3.05) is 19.8 Å². The highest BCUT2D eigenvalue weighted by Crippen LogP contribution is 2.50. The number of ether oxygens (including phenoxy) is 5. The number of hydrogen-bond acceptors (Lipinski definition) is 6. The van der Waals surface area contributed by atoms with Crippen LogP contribution in [0.25, 0.3) is 5.57 Å². The van der Waals surface area contributed by atoms with Crippen molar-refractivity contribution in [3.8, 4) is 11.5 Å². The summed E-state index contributed by atoms with van der Waals surface area (Å²) in [6.45, 7) is 24.0. The van der Waals surface area contributed by atoms with E-state index >= 15 is 0 Å². The van der Waals surface area contributed by atoms with Crippen molar-refractivity contribution in [1.82, 2.24) is 0 Å². The standard InChI is InChI=1S/C66H87NO5/c1-46(2)45-60(47(3)4)52-33-37-57(38-34-52)72-64(70-42-41-49-21-14-11-15-22-49)55-31-29-53(30-32-55)61(65(6,7)8)62(66(9,10)67)54-35-39-56(40-36-54)71-48(5)68-43-44-69-63-58(50-23-16-12-17-24-50)27-20-28-59(63)51-25-18-13-19-26-51/h12-13,16-20,23-40,46-49,58,60-64H,11,14-15,21-22,41-45,67H2,1-10H3. The molecule has 0 saturated heterocycles. The van der Waals surface area contributed by atoms with Gasteiger partial charge in [-0.25, -0.2) is 0 Å². The molecule has 0 aromatic heterocycles. The van der Waals surface area contributed by atoms with E-state index in [9.17, 15) is 0 Å². The van der Waals surface area contributed by atoms with Gasteiger partial charge in [0.2, 0.25) is 6.29 Å². The molecule has 386 valence electrons. The van der Waals surface area contributed by atoms with Crippen molar-refractivity contribution < 1.29 is 23.7 Å². The van der Waals surface area contributed by atoms with E-state index in [1.807, 2.05) is 13.0 Å². The summed E-state index contributed by atoms with van der Waals surface area (Å²) >= 11 is 0. The molecule has 7 unspecified atom stereocenters. The van der Waals surface area contributed by atoms with E-state index in [1.165, 1.54) is 66.4 Å². The number of nitrogens with two attached hydrogens (primary N) is 1. The molecule has 5 aromatic rings. The normalized spacial score (nSPS) is 18.9. The maximum absolute atomic E-state index is 7.21. The van der Waals surface area contributed by atoms with Crippen LogP contribution < -0.4 is 15.2 Å². The van der Waals surface area contributed by atoms with E-state index in [4.69, 9.17) is 29.4 Å². The number of benzene rings is 5. The van der Waals surface area contributed by atoms with Gasteiger partial charge in [0.05, 0.1) is 25.9 Å². The molecular formula is C66H87NO5. The Hall–Kier alpha value is -4.98. The Morgan fingerprint density at radius 1 is 0.583 bits per heavy atom.